The van der Waals surface area contributed by atoms with E-state index < -0.39 is 0 Å². The predicted octanol–water partition coefficient (Wildman–Crippen LogP) is 3.75. The van der Waals surface area contributed by atoms with Crippen LogP contribution < -0.4 is 0 Å². The highest BCUT2D eigenvalue weighted by atomic mass is 79.9. The molecule has 0 spiro atoms. The standard InChI is InChI=1S/C15H14BrNOS/c16-13-3-1-2-11(8-13)14(18)10-17-6-4-15-12(9-17)5-7-19-15/h1-3,5,7-8H,4,6,9-10H2. The van der Waals surface area contributed by atoms with Crippen LogP contribution in [0.1, 0.15) is 20.8 Å². The number of halogens is 1. The summed E-state index contributed by atoms with van der Waals surface area (Å²) in [6.45, 7) is 2.39. The number of hydrogen-bond donors (Lipinski definition) is 0. The minimum atomic E-state index is 0.194. The number of carbonyl (C=O) groups excluding carboxylic acids is 1. The van der Waals surface area contributed by atoms with Crippen LogP contribution in [0.15, 0.2) is 40.2 Å². The van der Waals surface area contributed by atoms with Crippen molar-refractivity contribution in [2.45, 2.75) is 13.0 Å². The first-order valence-corrected chi connectivity index (χ1v) is 7.96. The number of carbonyl (C=O) groups is 1. The summed E-state index contributed by atoms with van der Waals surface area (Å²) < 4.78 is 0.956. The van der Waals surface area contributed by atoms with Gasteiger partial charge in [-0.05, 0) is 35.6 Å². The van der Waals surface area contributed by atoms with E-state index in [2.05, 4.69) is 32.3 Å². The molecule has 1 aliphatic rings. The molecule has 0 radical (unpaired) electrons. The number of benzene rings is 1. The monoisotopic (exact) mass is 335 g/mol. The zero-order chi connectivity index (χ0) is 13.2. The molecule has 1 aromatic carbocycles. The molecule has 2 aromatic rings. The second-order valence-electron chi connectivity index (χ2n) is 4.76. The Labute approximate surface area is 125 Å². The average Bonchev–Trinajstić information content (AvgIpc) is 2.86. The molecule has 0 amide bonds. The first kappa shape index (κ1) is 13.0. The third-order valence-corrected chi connectivity index (χ3v) is 4.92. The molecule has 0 fully saturated rings. The van der Waals surface area contributed by atoms with E-state index >= 15 is 0 Å². The van der Waals surface area contributed by atoms with Crippen molar-refractivity contribution < 1.29 is 4.79 Å². The van der Waals surface area contributed by atoms with Gasteiger partial charge < -0.3 is 0 Å². The van der Waals surface area contributed by atoms with Crippen molar-refractivity contribution in [3.05, 3.63) is 56.2 Å². The van der Waals surface area contributed by atoms with Crippen LogP contribution in [0.25, 0.3) is 0 Å². The summed E-state index contributed by atoms with van der Waals surface area (Å²) in [7, 11) is 0. The van der Waals surface area contributed by atoms with Gasteiger partial charge in [-0.1, -0.05) is 28.1 Å². The summed E-state index contributed by atoms with van der Waals surface area (Å²) in [4.78, 5) is 16.0. The van der Waals surface area contributed by atoms with Gasteiger partial charge in [-0.15, -0.1) is 11.3 Å². The van der Waals surface area contributed by atoms with Crippen LogP contribution in [0.5, 0.6) is 0 Å². The zero-order valence-corrected chi connectivity index (χ0v) is 12.8. The Morgan fingerprint density at radius 1 is 1.37 bits per heavy atom. The van der Waals surface area contributed by atoms with Gasteiger partial charge in [0.15, 0.2) is 5.78 Å². The molecule has 0 aliphatic carbocycles. The Kier molecular flexibility index (Phi) is 3.82. The van der Waals surface area contributed by atoms with Gasteiger partial charge in [-0.2, -0.15) is 0 Å². The quantitative estimate of drug-likeness (QED) is 0.796. The van der Waals surface area contributed by atoms with Gasteiger partial charge in [0.1, 0.15) is 0 Å². The van der Waals surface area contributed by atoms with Crippen molar-refractivity contribution in [1.82, 2.24) is 4.90 Å². The second kappa shape index (κ2) is 5.57. The van der Waals surface area contributed by atoms with E-state index in [1.165, 1.54) is 10.4 Å². The smallest absolute Gasteiger partial charge is 0.176 e. The largest absolute Gasteiger partial charge is 0.293 e. The number of hydrogen-bond acceptors (Lipinski definition) is 3. The molecule has 19 heavy (non-hydrogen) atoms. The molecular formula is C15H14BrNOS. The molecule has 1 aromatic heterocycles. The van der Waals surface area contributed by atoms with E-state index in [0.717, 1.165) is 29.5 Å². The Morgan fingerprint density at radius 2 is 2.26 bits per heavy atom. The zero-order valence-electron chi connectivity index (χ0n) is 10.4. The summed E-state index contributed by atoms with van der Waals surface area (Å²) in [5.74, 6) is 0.194. The number of nitrogens with zero attached hydrogens (tertiary/aromatic N) is 1. The predicted molar refractivity (Wildman–Crippen MR) is 81.8 cm³/mol. The SMILES string of the molecule is O=C(CN1CCc2sccc2C1)c1cccc(Br)c1. The van der Waals surface area contributed by atoms with Crippen molar-refractivity contribution in [2.24, 2.45) is 0 Å². The highest BCUT2D eigenvalue weighted by Gasteiger charge is 2.19. The van der Waals surface area contributed by atoms with E-state index in [0.29, 0.717) is 6.54 Å². The van der Waals surface area contributed by atoms with Gasteiger partial charge >= 0.3 is 0 Å². The number of thiophene rings is 1. The lowest BCUT2D eigenvalue weighted by molar-refractivity contribution is 0.0922. The summed E-state index contributed by atoms with van der Waals surface area (Å²) in [6, 6.07) is 9.80. The fraction of sp³-hybridized carbons (Fsp3) is 0.267. The van der Waals surface area contributed by atoms with E-state index in [1.54, 1.807) is 0 Å². The first-order valence-electron chi connectivity index (χ1n) is 6.29. The van der Waals surface area contributed by atoms with Crippen LogP contribution in [0.2, 0.25) is 0 Å². The summed E-state index contributed by atoms with van der Waals surface area (Å²) >= 11 is 5.23. The van der Waals surface area contributed by atoms with Crippen LogP contribution >= 0.6 is 27.3 Å². The summed E-state index contributed by atoms with van der Waals surface area (Å²) in [5, 5.41) is 2.14. The molecule has 2 nitrogen and oxygen atoms in total. The Morgan fingerprint density at radius 3 is 3.11 bits per heavy atom. The van der Waals surface area contributed by atoms with Crippen molar-refractivity contribution in [3.63, 3.8) is 0 Å². The third-order valence-electron chi connectivity index (χ3n) is 3.40. The number of fused-ring (bicyclic) bond motifs is 1. The van der Waals surface area contributed by atoms with Gasteiger partial charge in [0.2, 0.25) is 0 Å². The topological polar surface area (TPSA) is 20.3 Å². The summed E-state index contributed by atoms with van der Waals surface area (Å²) in [6.07, 6.45) is 1.07. The van der Waals surface area contributed by atoms with Crippen LogP contribution in [0, 0.1) is 0 Å². The highest BCUT2D eigenvalue weighted by molar-refractivity contribution is 9.10. The van der Waals surface area contributed by atoms with Crippen LogP contribution in [0.4, 0.5) is 0 Å². The van der Waals surface area contributed by atoms with Crippen LogP contribution in [-0.2, 0) is 13.0 Å². The molecule has 0 saturated carbocycles. The maximum Gasteiger partial charge on any atom is 0.176 e. The molecule has 0 saturated heterocycles. The van der Waals surface area contributed by atoms with E-state index in [1.807, 2.05) is 35.6 Å². The second-order valence-corrected chi connectivity index (χ2v) is 6.68. The van der Waals surface area contributed by atoms with E-state index in [9.17, 15) is 4.79 Å². The molecule has 2 heterocycles. The van der Waals surface area contributed by atoms with Gasteiger partial charge in [-0.25, -0.2) is 0 Å². The molecule has 0 N–H and O–H groups in total. The van der Waals surface area contributed by atoms with Gasteiger partial charge in [0.05, 0.1) is 6.54 Å². The maximum absolute atomic E-state index is 12.3. The molecule has 1 aliphatic heterocycles. The minimum absolute atomic E-state index is 0.194. The Balaban J connectivity index is 1.68. The number of Topliss-reactive ketones (excluding diaryl/α,β-unsaturated/α-hetero) is 1. The molecule has 0 atom stereocenters. The van der Waals surface area contributed by atoms with Crippen molar-refractivity contribution in [3.8, 4) is 0 Å². The third kappa shape index (κ3) is 2.96. The van der Waals surface area contributed by atoms with Crippen molar-refractivity contribution in [2.75, 3.05) is 13.1 Å². The first-order chi connectivity index (χ1) is 9.22. The van der Waals surface area contributed by atoms with Gasteiger partial charge in [0.25, 0.3) is 0 Å². The van der Waals surface area contributed by atoms with Gasteiger partial charge in [0, 0.05) is 28.0 Å². The van der Waals surface area contributed by atoms with Crippen molar-refractivity contribution in [1.29, 1.82) is 0 Å². The van der Waals surface area contributed by atoms with Gasteiger partial charge in [-0.3, -0.25) is 9.69 Å². The highest BCUT2D eigenvalue weighted by Crippen LogP contribution is 2.24. The Bertz CT molecular complexity index is 608. The van der Waals surface area contributed by atoms with Crippen molar-refractivity contribution >= 4 is 33.0 Å². The van der Waals surface area contributed by atoms with E-state index in [-0.39, 0.29) is 5.78 Å². The molecule has 0 bridgehead atoms. The molecular weight excluding hydrogens is 322 g/mol. The number of rotatable bonds is 3. The molecule has 3 rings (SSSR count). The fourth-order valence-electron chi connectivity index (χ4n) is 2.40. The fourth-order valence-corrected chi connectivity index (χ4v) is 3.69. The van der Waals surface area contributed by atoms with Crippen LogP contribution in [-0.4, -0.2) is 23.8 Å². The molecule has 4 heteroatoms. The van der Waals surface area contributed by atoms with Crippen LogP contribution in [0.3, 0.4) is 0 Å². The average molecular weight is 336 g/mol. The number of ketones is 1. The molecule has 0 unspecified atom stereocenters. The van der Waals surface area contributed by atoms with E-state index in [4.69, 9.17) is 0 Å². The lowest BCUT2D eigenvalue weighted by Crippen LogP contribution is -2.34. The lowest BCUT2D eigenvalue weighted by Gasteiger charge is -2.26. The maximum atomic E-state index is 12.3. The lowest BCUT2D eigenvalue weighted by atomic mass is 10.1. The minimum Gasteiger partial charge on any atom is -0.293 e. The normalized spacial score (nSPS) is 15.2. The summed E-state index contributed by atoms with van der Waals surface area (Å²) in [5.41, 5.74) is 2.17. The Hall–Kier alpha value is -0.970. The molecule has 98 valence electrons.